The standard InChI is InChI=1S/C17H18N2O2S/c1-12-7-3-6-10-17(12)22(20,21)18-11-15-13(2)19-16-9-5-4-8-14(15)16/h3-10,18-19H,11H2,1-2H3. The van der Waals surface area contributed by atoms with Crippen molar-refractivity contribution < 1.29 is 8.42 Å². The lowest BCUT2D eigenvalue weighted by Gasteiger charge is -2.09. The molecular formula is C17H18N2O2S. The minimum absolute atomic E-state index is 0.270. The van der Waals surface area contributed by atoms with Crippen LogP contribution in [0.3, 0.4) is 0 Å². The molecule has 0 fully saturated rings. The van der Waals surface area contributed by atoms with Crippen molar-refractivity contribution in [1.29, 1.82) is 0 Å². The SMILES string of the molecule is Cc1ccccc1S(=O)(=O)NCc1c(C)[nH]c2ccccc12. The van der Waals surface area contributed by atoms with E-state index in [1.165, 1.54) is 0 Å². The van der Waals surface area contributed by atoms with Crippen LogP contribution in [0, 0.1) is 13.8 Å². The Bertz CT molecular complexity index is 927. The first-order valence-electron chi connectivity index (χ1n) is 7.10. The summed E-state index contributed by atoms with van der Waals surface area (Å²) >= 11 is 0. The fraction of sp³-hybridized carbons (Fsp3) is 0.176. The summed E-state index contributed by atoms with van der Waals surface area (Å²) in [4.78, 5) is 3.61. The van der Waals surface area contributed by atoms with Crippen molar-refractivity contribution >= 4 is 20.9 Å². The zero-order valence-electron chi connectivity index (χ0n) is 12.6. The maximum Gasteiger partial charge on any atom is 0.241 e. The highest BCUT2D eigenvalue weighted by molar-refractivity contribution is 7.89. The number of benzene rings is 2. The third-order valence-electron chi connectivity index (χ3n) is 3.85. The van der Waals surface area contributed by atoms with Crippen LogP contribution in [-0.2, 0) is 16.6 Å². The molecule has 4 nitrogen and oxygen atoms in total. The van der Waals surface area contributed by atoms with E-state index in [1.807, 2.05) is 37.3 Å². The molecule has 114 valence electrons. The summed E-state index contributed by atoms with van der Waals surface area (Å²) in [6.07, 6.45) is 0. The van der Waals surface area contributed by atoms with Gasteiger partial charge in [-0.05, 0) is 37.1 Å². The third kappa shape index (κ3) is 2.65. The molecule has 0 spiro atoms. The first-order chi connectivity index (χ1) is 10.5. The predicted molar refractivity (Wildman–Crippen MR) is 88.2 cm³/mol. The number of hydrogen-bond donors (Lipinski definition) is 2. The number of aryl methyl sites for hydroxylation is 2. The predicted octanol–water partition coefficient (Wildman–Crippen LogP) is 3.26. The Morgan fingerprint density at radius 3 is 2.45 bits per heavy atom. The lowest BCUT2D eigenvalue weighted by molar-refractivity contribution is 0.581. The second kappa shape index (κ2) is 5.59. The number of hydrogen-bond acceptors (Lipinski definition) is 2. The highest BCUT2D eigenvalue weighted by Crippen LogP contribution is 2.22. The molecule has 3 rings (SSSR count). The maximum absolute atomic E-state index is 12.5. The van der Waals surface area contributed by atoms with Crippen molar-refractivity contribution in [1.82, 2.24) is 9.71 Å². The van der Waals surface area contributed by atoms with E-state index in [1.54, 1.807) is 25.1 Å². The van der Waals surface area contributed by atoms with E-state index in [-0.39, 0.29) is 6.54 Å². The van der Waals surface area contributed by atoms with E-state index in [2.05, 4.69) is 9.71 Å². The Morgan fingerprint density at radius 1 is 1.00 bits per heavy atom. The Kier molecular flexibility index (Phi) is 3.76. The summed E-state index contributed by atoms with van der Waals surface area (Å²) in [7, 11) is -3.52. The van der Waals surface area contributed by atoms with Crippen molar-refractivity contribution in [2.75, 3.05) is 0 Å². The smallest absolute Gasteiger partial charge is 0.241 e. The molecule has 0 saturated carbocycles. The molecule has 0 radical (unpaired) electrons. The Morgan fingerprint density at radius 2 is 1.68 bits per heavy atom. The summed E-state index contributed by atoms with van der Waals surface area (Å²) < 4.78 is 27.7. The molecule has 0 atom stereocenters. The van der Waals surface area contributed by atoms with Crippen LogP contribution in [0.15, 0.2) is 53.4 Å². The topological polar surface area (TPSA) is 62.0 Å². The van der Waals surface area contributed by atoms with Crippen LogP contribution in [0.4, 0.5) is 0 Å². The van der Waals surface area contributed by atoms with Crippen molar-refractivity contribution in [3.63, 3.8) is 0 Å². The zero-order valence-corrected chi connectivity index (χ0v) is 13.4. The molecule has 1 heterocycles. The van der Waals surface area contributed by atoms with Crippen LogP contribution >= 0.6 is 0 Å². The molecule has 2 aromatic carbocycles. The van der Waals surface area contributed by atoms with Crippen LogP contribution in [0.2, 0.25) is 0 Å². The number of H-pyrrole nitrogens is 1. The third-order valence-corrected chi connectivity index (χ3v) is 5.41. The van der Waals surface area contributed by atoms with Crippen LogP contribution in [0.25, 0.3) is 10.9 Å². The zero-order chi connectivity index (χ0) is 15.7. The van der Waals surface area contributed by atoms with E-state index in [0.29, 0.717) is 4.90 Å². The highest BCUT2D eigenvalue weighted by atomic mass is 32.2. The average Bonchev–Trinajstić information content (AvgIpc) is 2.81. The van der Waals surface area contributed by atoms with E-state index < -0.39 is 10.0 Å². The minimum Gasteiger partial charge on any atom is -0.358 e. The van der Waals surface area contributed by atoms with Crippen molar-refractivity contribution in [3.8, 4) is 0 Å². The van der Waals surface area contributed by atoms with Crippen molar-refractivity contribution in [2.45, 2.75) is 25.3 Å². The normalized spacial score (nSPS) is 11.9. The van der Waals surface area contributed by atoms with Crippen LogP contribution < -0.4 is 4.72 Å². The molecule has 1 aromatic heterocycles. The number of aromatic nitrogens is 1. The summed E-state index contributed by atoms with van der Waals surface area (Å²) in [5.41, 5.74) is 3.72. The number of rotatable bonds is 4. The molecule has 0 aliphatic carbocycles. The van der Waals surface area contributed by atoms with Crippen LogP contribution in [-0.4, -0.2) is 13.4 Å². The maximum atomic E-state index is 12.5. The summed E-state index contributed by atoms with van der Waals surface area (Å²) in [5.74, 6) is 0. The molecular weight excluding hydrogens is 296 g/mol. The molecule has 0 unspecified atom stereocenters. The van der Waals surface area contributed by atoms with Crippen molar-refractivity contribution in [3.05, 3.63) is 65.4 Å². The van der Waals surface area contributed by atoms with Gasteiger partial charge in [-0.3, -0.25) is 0 Å². The van der Waals surface area contributed by atoms with Gasteiger partial charge in [-0.1, -0.05) is 36.4 Å². The van der Waals surface area contributed by atoms with Gasteiger partial charge in [0.2, 0.25) is 10.0 Å². The number of sulfonamides is 1. The van der Waals surface area contributed by atoms with Crippen molar-refractivity contribution in [2.24, 2.45) is 0 Å². The Hall–Kier alpha value is -2.11. The van der Waals surface area contributed by atoms with Crippen LogP contribution in [0.1, 0.15) is 16.8 Å². The first kappa shape index (κ1) is 14.8. The fourth-order valence-electron chi connectivity index (χ4n) is 2.67. The second-order valence-electron chi connectivity index (χ2n) is 5.36. The van der Waals surface area contributed by atoms with E-state index >= 15 is 0 Å². The molecule has 0 aliphatic rings. The van der Waals surface area contributed by atoms with E-state index in [9.17, 15) is 8.42 Å². The molecule has 5 heteroatoms. The fourth-order valence-corrected chi connectivity index (χ4v) is 3.90. The average molecular weight is 314 g/mol. The molecule has 3 aromatic rings. The largest absolute Gasteiger partial charge is 0.358 e. The van der Waals surface area contributed by atoms with Gasteiger partial charge in [0.05, 0.1) is 4.90 Å². The lowest BCUT2D eigenvalue weighted by Crippen LogP contribution is -2.24. The summed E-state index contributed by atoms with van der Waals surface area (Å²) in [6.45, 7) is 4.02. The lowest BCUT2D eigenvalue weighted by atomic mass is 10.1. The Balaban J connectivity index is 1.91. The molecule has 2 N–H and O–H groups in total. The van der Waals surface area contributed by atoms with Gasteiger partial charge in [-0.2, -0.15) is 0 Å². The summed E-state index contributed by atoms with van der Waals surface area (Å²) in [6, 6.07) is 14.9. The van der Waals surface area contributed by atoms with Crippen LogP contribution in [0.5, 0.6) is 0 Å². The molecule has 0 saturated heterocycles. The molecule has 0 aliphatic heterocycles. The number of nitrogens with one attached hydrogen (secondary N) is 2. The second-order valence-corrected chi connectivity index (χ2v) is 7.10. The molecule has 0 bridgehead atoms. The van der Waals surface area contributed by atoms with Gasteiger partial charge in [-0.25, -0.2) is 13.1 Å². The quantitative estimate of drug-likeness (QED) is 0.776. The van der Waals surface area contributed by atoms with Gasteiger partial charge in [0.1, 0.15) is 0 Å². The van der Waals surface area contributed by atoms with E-state index in [0.717, 1.165) is 27.7 Å². The first-order valence-corrected chi connectivity index (χ1v) is 8.59. The number of aromatic amines is 1. The van der Waals surface area contributed by atoms with E-state index in [4.69, 9.17) is 0 Å². The molecule has 22 heavy (non-hydrogen) atoms. The van der Waals surface area contributed by atoms with Gasteiger partial charge >= 0.3 is 0 Å². The Labute approximate surface area is 130 Å². The minimum atomic E-state index is -3.52. The van der Waals surface area contributed by atoms with Gasteiger partial charge in [0.25, 0.3) is 0 Å². The van der Waals surface area contributed by atoms with Gasteiger partial charge in [0, 0.05) is 23.1 Å². The van der Waals surface area contributed by atoms with Gasteiger partial charge < -0.3 is 4.98 Å². The number of fused-ring (bicyclic) bond motifs is 1. The monoisotopic (exact) mass is 314 g/mol. The molecule has 0 amide bonds. The highest BCUT2D eigenvalue weighted by Gasteiger charge is 2.17. The van der Waals surface area contributed by atoms with Gasteiger partial charge in [0.15, 0.2) is 0 Å². The summed E-state index contributed by atoms with van der Waals surface area (Å²) in [5, 5.41) is 1.05. The number of para-hydroxylation sites is 1. The van der Waals surface area contributed by atoms with Gasteiger partial charge in [-0.15, -0.1) is 0 Å².